The molecule has 132 valence electrons. The number of nitrogens with zero attached hydrogens (tertiary/aromatic N) is 1. The molecule has 2 aliphatic rings. The fourth-order valence-electron chi connectivity index (χ4n) is 3.54. The quantitative estimate of drug-likeness (QED) is 0.775. The number of carbonyl (C=O) groups excluding carboxylic acids is 1. The van der Waals surface area contributed by atoms with Gasteiger partial charge in [-0.25, -0.2) is 4.79 Å². The van der Waals surface area contributed by atoms with E-state index in [2.05, 4.69) is 24.4 Å². The molecular weight excluding hydrogens is 288 g/mol. The third-order valence-electron chi connectivity index (χ3n) is 4.76. The van der Waals surface area contributed by atoms with Gasteiger partial charge in [0.15, 0.2) is 0 Å². The van der Waals surface area contributed by atoms with Crippen molar-refractivity contribution in [1.82, 2.24) is 10.2 Å². The number of rotatable bonds is 5. The van der Waals surface area contributed by atoms with E-state index < -0.39 is 5.60 Å². The van der Waals surface area contributed by atoms with E-state index >= 15 is 0 Å². The number of allylic oxidation sites excluding steroid dienone is 2. The number of amides is 1. The SMILES string of the molecule is CC(CC1CCCN1C(=O)OC(C)(C)C)NCC1CC=CCC1. The number of ether oxygens (including phenoxy) is 1. The van der Waals surface area contributed by atoms with Gasteiger partial charge in [-0.1, -0.05) is 12.2 Å². The average molecular weight is 322 g/mol. The highest BCUT2D eigenvalue weighted by atomic mass is 16.6. The van der Waals surface area contributed by atoms with E-state index in [9.17, 15) is 4.79 Å². The van der Waals surface area contributed by atoms with Gasteiger partial charge in [0.25, 0.3) is 0 Å². The molecule has 0 radical (unpaired) electrons. The zero-order valence-corrected chi connectivity index (χ0v) is 15.3. The molecule has 0 aromatic carbocycles. The van der Waals surface area contributed by atoms with Gasteiger partial charge in [-0.2, -0.15) is 0 Å². The number of likely N-dealkylation sites (tertiary alicyclic amines) is 1. The standard InChI is InChI=1S/C19H34N2O2/c1-15(20-14-16-9-6-5-7-10-16)13-17-11-8-12-21(17)18(22)23-19(2,3)4/h5-6,15-17,20H,7-14H2,1-4H3. The van der Waals surface area contributed by atoms with Crippen LogP contribution in [0.4, 0.5) is 4.79 Å². The van der Waals surface area contributed by atoms with Crippen LogP contribution in [0, 0.1) is 5.92 Å². The largest absolute Gasteiger partial charge is 0.444 e. The maximum atomic E-state index is 12.3. The van der Waals surface area contributed by atoms with Crippen LogP contribution in [0.3, 0.4) is 0 Å². The second kappa shape index (κ2) is 8.18. The minimum atomic E-state index is -0.414. The number of carbonyl (C=O) groups is 1. The fourth-order valence-corrected chi connectivity index (χ4v) is 3.54. The highest BCUT2D eigenvalue weighted by Crippen LogP contribution is 2.24. The first-order chi connectivity index (χ1) is 10.8. The van der Waals surface area contributed by atoms with E-state index in [0.717, 1.165) is 38.3 Å². The molecule has 2 rings (SSSR count). The summed E-state index contributed by atoms with van der Waals surface area (Å²) in [5.74, 6) is 0.771. The lowest BCUT2D eigenvalue weighted by atomic mass is 9.94. The molecule has 1 aliphatic heterocycles. The summed E-state index contributed by atoms with van der Waals surface area (Å²) in [6, 6.07) is 0.757. The van der Waals surface area contributed by atoms with E-state index in [1.54, 1.807) is 0 Å². The minimum Gasteiger partial charge on any atom is -0.444 e. The summed E-state index contributed by atoms with van der Waals surface area (Å²) in [6.45, 7) is 9.95. The first-order valence-corrected chi connectivity index (χ1v) is 9.23. The molecule has 0 bridgehead atoms. The van der Waals surface area contributed by atoms with Gasteiger partial charge < -0.3 is 15.0 Å². The lowest BCUT2D eigenvalue weighted by Crippen LogP contribution is -2.43. The first kappa shape index (κ1) is 18.3. The highest BCUT2D eigenvalue weighted by Gasteiger charge is 2.32. The second-order valence-electron chi connectivity index (χ2n) is 8.17. The Balaban J connectivity index is 1.76. The van der Waals surface area contributed by atoms with Crippen molar-refractivity contribution in [2.75, 3.05) is 13.1 Å². The minimum absolute atomic E-state index is 0.149. The fraction of sp³-hybridized carbons (Fsp3) is 0.842. The van der Waals surface area contributed by atoms with Crippen LogP contribution in [0.15, 0.2) is 12.2 Å². The smallest absolute Gasteiger partial charge is 0.410 e. The molecule has 1 fully saturated rings. The molecule has 0 aromatic rings. The van der Waals surface area contributed by atoms with Crippen LogP contribution < -0.4 is 5.32 Å². The van der Waals surface area contributed by atoms with Crippen LogP contribution >= 0.6 is 0 Å². The predicted molar refractivity (Wildman–Crippen MR) is 94.5 cm³/mol. The molecule has 0 saturated carbocycles. The zero-order chi connectivity index (χ0) is 16.9. The molecule has 1 heterocycles. The van der Waals surface area contributed by atoms with Gasteiger partial charge >= 0.3 is 6.09 Å². The maximum absolute atomic E-state index is 12.3. The van der Waals surface area contributed by atoms with Crippen LogP contribution in [0.5, 0.6) is 0 Å². The molecule has 1 saturated heterocycles. The molecule has 23 heavy (non-hydrogen) atoms. The summed E-state index contributed by atoms with van der Waals surface area (Å²) in [4.78, 5) is 14.3. The molecule has 3 atom stereocenters. The van der Waals surface area contributed by atoms with Crippen LogP contribution in [-0.4, -0.2) is 41.8 Å². The lowest BCUT2D eigenvalue weighted by Gasteiger charge is -2.30. The molecule has 1 amide bonds. The van der Waals surface area contributed by atoms with Gasteiger partial charge in [0.1, 0.15) is 5.60 Å². The summed E-state index contributed by atoms with van der Waals surface area (Å²) in [6.07, 6.45) is 11.4. The Hall–Kier alpha value is -1.03. The van der Waals surface area contributed by atoms with Gasteiger partial charge in [-0.15, -0.1) is 0 Å². The molecule has 0 spiro atoms. The summed E-state index contributed by atoms with van der Waals surface area (Å²) < 4.78 is 5.55. The Morgan fingerprint density at radius 3 is 2.78 bits per heavy atom. The van der Waals surface area contributed by atoms with E-state index in [1.165, 1.54) is 19.3 Å². The average Bonchev–Trinajstić information content (AvgIpc) is 2.93. The van der Waals surface area contributed by atoms with Crippen LogP contribution in [0.25, 0.3) is 0 Å². The number of nitrogens with one attached hydrogen (secondary N) is 1. The Labute approximate surface area is 141 Å². The number of hydrogen-bond acceptors (Lipinski definition) is 3. The van der Waals surface area contributed by atoms with E-state index in [1.807, 2.05) is 25.7 Å². The Morgan fingerprint density at radius 2 is 2.13 bits per heavy atom. The van der Waals surface area contributed by atoms with E-state index in [4.69, 9.17) is 4.74 Å². The van der Waals surface area contributed by atoms with Gasteiger partial charge in [-0.3, -0.25) is 0 Å². The molecule has 4 heteroatoms. The van der Waals surface area contributed by atoms with Crippen molar-refractivity contribution in [2.45, 2.75) is 83.9 Å². The van der Waals surface area contributed by atoms with E-state index in [0.29, 0.717) is 12.1 Å². The zero-order valence-electron chi connectivity index (χ0n) is 15.3. The molecule has 4 nitrogen and oxygen atoms in total. The molecular formula is C19H34N2O2. The molecule has 1 N–H and O–H groups in total. The van der Waals surface area contributed by atoms with Gasteiger partial charge in [0.05, 0.1) is 0 Å². The van der Waals surface area contributed by atoms with Crippen molar-refractivity contribution in [3.8, 4) is 0 Å². The monoisotopic (exact) mass is 322 g/mol. The van der Waals surface area contributed by atoms with Crippen molar-refractivity contribution in [3.63, 3.8) is 0 Å². The molecule has 1 aliphatic carbocycles. The molecule has 0 aromatic heterocycles. The summed E-state index contributed by atoms with van der Waals surface area (Å²) in [7, 11) is 0. The van der Waals surface area contributed by atoms with Crippen molar-refractivity contribution in [1.29, 1.82) is 0 Å². The normalized spacial score (nSPS) is 26.3. The van der Waals surface area contributed by atoms with Crippen LogP contribution in [0.1, 0.15) is 66.2 Å². The summed E-state index contributed by atoms with van der Waals surface area (Å²) >= 11 is 0. The third-order valence-corrected chi connectivity index (χ3v) is 4.76. The lowest BCUT2D eigenvalue weighted by molar-refractivity contribution is 0.0214. The highest BCUT2D eigenvalue weighted by molar-refractivity contribution is 5.68. The first-order valence-electron chi connectivity index (χ1n) is 9.23. The predicted octanol–water partition coefficient (Wildman–Crippen LogP) is 4.11. The Kier molecular flexibility index (Phi) is 6.51. The topological polar surface area (TPSA) is 41.6 Å². The maximum Gasteiger partial charge on any atom is 0.410 e. The Morgan fingerprint density at radius 1 is 1.35 bits per heavy atom. The third kappa shape index (κ3) is 6.17. The molecule has 3 unspecified atom stereocenters. The van der Waals surface area contributed by atoms with Crippen molar-refractivity contribution in [2.24, 2.45) is 5.92 Å². The van der Waals surface area contributed by atoms with Crippen LogP contribution in [-0.2, 0) is 4.74 Å². The number of hydrogen-bond donors (Lipinski definition) is 1. The second-order valence-corrected chi connectivity index (χ2v) is 8.17. The van der Waals surface area contributed by atoms with Crippen molar-refractivity contribution in [3.05, 3.63) is 12.2 Å². The van der Waals surface area contributed by atoms with Gasteiger partial charge in [0, 0.05) is 18.6 Å². The summed E-state index contributed by atoms with van der Waals surface area (Å²) in [5.41, 5.74) is -0.414. The summed E-state index contributed by atoms with van der Waals surface area (Å²) in [5, 5.41) is 3.67. The van der Waals surface area contributed by atoms with Gasteiger partial charge in [-0.05, 0) is 78.7 Å². The Bertz CT molecular complexity index is 414. The van der Waals surface area contributed by atoms with Crippen LogP contribution in [0.2, 0.25) is 0 Å². The van der Waals surface area contributed by atoms with Crippen molar-refractivity contribution < 1.29 is 9.53 Å². The van der Waals surface area contributed by atoms with Crippen molar-refractivity contribution >= 4 is 6.09 Å². The van der Waals surface area contributed by atoms with E-state index in [-0.39, 0.29) is 6.09 Å². The van der Waals surface area contributed by atoms with Gasteiger partial charge in [0.2, 0.25) is 0 Å².